The highest BCUT2D eigenvalue weighted by atomic mass is 16.3. The van der Waals surface area contributed by atoms with Gasteiger partial charge in [0.2, 0.25) is 0 Å². The van der Waals surface area contributed by atoms with Crippen molar-refractivity contribution in [1.29, 1.82) is 0 Å². The maximum absolute atomic E-state index is 5.38. The summed E-state index contributed by atoms with van der Waals surface area (Å²) in [6.45, 7) is 8.00. The average molecular weight is 361 g/mol. The number of rotatable bonds is 6. The van der Waals surface area contributed by atoms with E-state index in [1.54, 1.807) is 6.26 Å². The number of pyridine rings is 1. The highest BCUT2D eigenvalue weighted by Crippen LogP contribution is 2.24. The molecular formula is C21H23N5O. The smallest absolute Gasteiger partial charge is 0.191 e. The molecule has 138 valence electrons. The van der Waals surface area contributed by atoms with Gasteiger partial charge in [-0.3, -0.25) is 0 Å². The Morgan fingerprint density at radius 2 is 1.89 bits per heavy atom. The van der Waals surface area contributed by atoms with E-state index in [1.165, 1.54) is 0 Å². The van der Waals surface area contributed by atoms with Gasteiger partial charge in [-0.05, 0) is 32.0 Å². The van der Waals surface area contributed by atoms with E-state index < -0.39 is 0 Å². The van der Waals surface area contributed by atoms with Crippen molar-refractivity contribution in [3.8, 4) is 5.69 Å². The molecule has 0 radical (unpaired) electrons. The minimum absolute atomic E-state index is 0.648. The van der Waals surface area contributed by atoms with Crippen LogP contribution in [0.15, 0.2) is 53.3 Å². The van der Waals surface area contributed by atoms with Crippen molar-refractivity contribution in [1.82, 2.24) is 19.7 Å². The number of hydrogen-bond donors (Lipinski definition) is 0. The highest BCUT2D eigenvalue weighted by molar-refractivity contribution is 5.82. The highest BCUT2D eigenvalue weighted by Gasteiger charge is 2.15. The Balaban J connectivity index is 1.77. The van der Waals surface area contributed by atoms with Gasteiger partial charge in [0.15, 0.2) is 5.89 Å². The summed E-state index contributed by atoms with van der Waals surface area (Å²) in [5, 5.41) is 5.92. The molecule has 0 aliphatic carbocycles. The van der Waals surface area contributed by atoms with Gasteiger partial charge in [0.25, 0.3) is 0 Å². The second-order valence-corrected chi connectivity index (χ2v) is 6.46. The molecule has 1 aromatic carbocycles. The van der Waals surface area contributed by atoms with E-state index in [-0.39, 0.29) is 0 Å². The second-order valence-electron chi connectivity index (χ2n) is 6.46. The molecule has 4 aromatic rings. The summed E-state index contributed by atoms with van der Waals surface area (Å²) >= 11 is 0. The first-order chi connectivity index (χ1) is 13.2. The van der Waals surface area contributed by atoms with Crippen LogP contribution in [0, 0.1) is 6.92 Å². The van der Waals surface area contributed by atoms with Crippen molar-refractivity contribution < 1.29 is 4.42 Å². The summed E-state index contributed by atoms with van der Waals surface area (Å²) in [5.41, 5.74) is 3.88. The van der Waals surface area contributed by atoms with Crippen LogP contribution in [0.25, 0.3) is 16.6 Å². The summed E-state index contributed by atoms with van der Waals surface area (Å²) in [6.07, 6.45) is 4.25. The van der Waals surface area contributed by atoms with Gasteiger partial charge in [-0.1, -0.05) is 18.2 Å². The van der Waals surface area contributed by atoms with Gasteiger partial charge in [0, 0.05) is 31.8 Å². The van der Waals surface area contributed by atoms with Crippen molar-refractivity contribution in [2.75, 3.05) is 18.0 Å². The van der Waals surface area contributed by atoms with Crippen molar-refractivity contribution in [2.24, 2.45) is 0 Å². The zero-order valence-electron chi connectivity index (χ0n) is 15.9. The minimum atomic E-state index is 0.648. The molecule has 0 aliphatic rings. The SMILES string of the molecule is CCN(CC)c1ccc(-n2nc3ccccc3c2Cc2coc(C)n2)cn1. The van der Waals surface area contributed by atoms with E-state index in [0.29, 0.717) is 12.3 Å². The Hall–Kier alpha value is -3.15. The number of oxazole rings is 1. The summed E-state index contributed by atoms with van der Waals surface area (Å²) in [7, 11) is 0. The Morgan fingerprint density at radius 3 is 2.56 bits per heavy atom. The third kappa shape index (κ3) is 3.30. The summed E-state index contributed by atoms with van der Waals surface area (Å²) < 4.78 is 7.35. The third-order valence-electron chi connectivity index (χ3n) is 4.76. The quantitative estimate of drug-likeness (QED) is 0.516. The standard InChI is InChI=1S/C21H23N5O/c1-4-25(5-2)21-11-10-17(13-22-21)26-20(12-16-14-27-15(3)23-16)18-8-6-7-9-19(18)24-26/h6-11,13-14H,4-5,12H2,1-3H3. The molecule has 0 amide bonds. The summed E-state index contributed by atoms with van der Waals surface area (Å²) in [5.74, 6) is 1.65. The fourth-order valence-electron chi connectivity index (χ4n) is 3.37. The fraction of sp³-hybridized carbons (Fsp3) is 0.286. The van der Waals surface area contributed by atoms with Crippen LogP contribution in [0.2, 0.25) is 0 Å². The number of fused-ring (bicyclic) bond motifs is 1. The molecule has 0 atom stereocenters. The Labute approximate surface area is 158 Å². The van der Waals surface area contributed by atoms with E-state index in [4.69, 9.17) is 9.52 Å². The molecule has 0 bridgehead atoms. The van der Waals surface area contributed by atoms with Gasteiger partial charge in [-0.25, -0.2) is 14.6 Å². The average Bonchev–Trinajstić information content (AvgIpc) is 3.27. The van der Waals surface area contributed by atoms with E-state index in [9.17, 15) is 0 Å². The predicted octanol–water partition coefficient (Wildman–Crippen LogP) is 4.15. The zero-order chi connectivity index (χ0) is 18.8. The van der Waals surface area contributed by atoms with E-state index in [1.807, 2.05) is 36.0 Å². The van der Waals surface area contributed by atoms with Crippen LogP contribution in [-0.4, -0.2) is 32.8 Å². The topological polar surface area (TPSA) is 60.0 Å². The second kappa shape index (κ2) is 7.23. The molecule has 0 saturated carbocycles. The van der Waals surface area contributed by atoms with Gasteiger partial charge >= 0.3 is 0 Å². The number of aromatic nitrogens is 4. The lowest BCUT2D eigenvalue weighted by Crippen LogP contribution is -2.22. The molecule has 0 fully saturated rings. The number of anilines is 1. The molecule has 27 heavy (non-hydrogen) atoms. The van der Waals surface area contributed by atoms with E-state index >= 15 is 0 Å². The van der Waals surface area contributed by atoms with E-state index in [0.717, 1.165) is 46.9 Å². The number of nitrogens with zero attached hydrogens (tertiary/aromatic N) is 5. The lowest BCUT2D eigenvalue weighted by atomic mass is 10.1. The Bertz CT molecular complexity index is 1040. The first-order valence-electron chi connectivity index (χ1n) is 9.28. The number of benzene rings is 1. The fourth-order valence-corrected chi connectivity index (χ4v) is 3.37. The summed E-state index contributed by atoms with van der Waals surface area (Å²) in [6, 6.07) is 12.3. The third-order valence-corrected chi connectivity index (χ3v) is 4.76. The molecule has 0 unspecified atom stereocenters. The van der Waals surface area contributed by atoms with Crippen LogP contribution in [0.4, 0.5) is 5.82 Å². The monoisotopic (exact) mass is 361 g/mol. The zero-order valence-corrected chi connectivity index (χ0v) is 15.9. The van der Waals surface area contributed by atoms with Crippen molar-refractivity contribution in [2.45, 2.75) is 27.2 Å². The number of aryl methyl sites for hydroxylation is 1. The van der Waals surface area contributed by atoms with Crippen molar-refractivity contribution in [3.63, 3.8) is 0 Å². The van der Waals surface area contributed by atoms with Gasteiger partial charge in [0.1, 0.15) is 12.1 Å². The molecule has 3 heterocycles. The molecule has 0 aliphatic heterocycles. The van der Waals surface area contributed by atoms with Crippen molar-refractivity contribution >= 4 is 16.7 Å². The van der Waals surface area contributed by atoms with Gasteiger partial charge in [0.05, 0.1) is 28.8 Å². The molecular weight excluding hydrogens is 338 g/mol. The molecule has 0 N–H and O–H groups in total. The molecule has 6 nitrogen and oxygen atoms in total. The lowest BCUT2D eigenvalue weighted by Gasteiger charge is -2.19. The van der Waals surface area contributed by atoms with Crippen LogP contribution in [0.1, 0.15) is 31.1 Å². The molecule has 4 rings (SSSR count). The van der Waals surface area contributed by atoms with Crippen LogP contribution in [0.5, 0.6) is 0 Å². The molecule has 0 spiro atoms. The van der Waals surface area contributed by atoms with Crippen molar-refractivity contribution in [3.05, 3.63) is 66.1 Å². The van der Waals surface area contributed by atoms with Gasteiger partial charge in [-0.2, -0.15) is 5.10 Å². The van der Waals surface area contributed by atoms with E-state index in [2.05, 4.69) is 46.9 Å². The molecule has 3 aromatic heterocycles. The molecule has 6 heteroatoms. The minimum Gasteiger partial charge on any atom is -0.449 e. The normalized spacial score (nSPS) is 11.2. The van der Waals surface area contributed by atoms with Crippen LogP contribution in [0.3, 0.4) is 0 Å². The lowest BCUT2D eigenvalue weighted by molar-refractivity contribution is 0.520. The Morgan fingerprint density at radius 1 is 1.07 bits per heavy atom. The van der Waals surface area contributed by atoms with Crippen LogP contribution in [-0.2, 0) is 6.42 Å². The largest absolute Gasteiger partial charge is 0.449 e. The summed E-state index contributed by atoms with van der Waals surface area (Å²) in [4.78, 5) is 11.3. The first kappa shape index (κ1) is 17.3. The maximum Gasteiger partial charge on any atom is 0.191 e. The van der Waals surface area contributed by atoms with Gasteiger partial charge in [-0.15, -0.1) is 0 Å². The maximum atomic E-state index is 5.38. The van der Waals surface area contributed by atoms with Crippen LogP contribution >= 0.6 is 0 Å². The Kier molecular flexibility index (Phi) is 4.62. The number of hydrogen-bond acceptors (Lipinski definition) is 5. The first-order valence-corrected chi connectivity index (χ1v) is 9.28. The van der Waals surface area contributed by atoms with Crippen LogP contribution < -0.4 is 4.90 Å². The predicted molar refractivity (Wildman–Crippen MR) is 106 cm³/mol. The molecule has 0 saturated heterocycles. The van der Waals surface area contributed by atoms with Gasteiger partial charge < -0.3 is 9.32 Å².